The van der Waals surface area contributed by atoms with Crippen molar-refractivity contribution in [2.24, 2.45) is 11.3 Å². The standard InChI is InChI=1S/C15H27NO3/c1-4-19-13-9-12(15(13)6-5-7-15)16-11(14(17)18)8-10(2)3/h10-13,16H,4-9H2,1-3H3,(H,17,18). The van der Waals surface area contributed by atoms with Crippen LogP contribution in [0.5, 0.6) is 0 Å². The van der Waals surface area contributed by atoms with Gasteiger partial charge >= 0.3 is 5.97 Å². The van der Waals surface area contributed by atoms with Crippen molar-refractivity contribution in [3.63, 3.8) is 0 Å². The fourth-order valence-corrected chi connectivity index (χ4v) is 3.63. The number of aliphatic carboxylic acids is 1. The number of ether oxygens (including phenoxy) is 1. The molecule has 0 aliphatic heterocycles. The second-order valence-corrected chi connectivity index (χ2v) is 6.51. The van der Waals surface area contributed by atoms with Crippen molar-refractivity contribution < 1.29 is 14.6 Å². The third kappa shape index (κ3) is 2.79. The lowest BCUT2D eigenvalue weighted by Crippen LogP contribution is -2.68. The summed E-state index contributed by atoms with van der Waals surface area (Å²) < 4.78 is 5.80. The number of carboxylic acid groups (broad SMARTS) is 1. The first-order valence-electron chi connectivity index (χ1n) is 7.60. The van der Waals surface area contributed by atoms with Gasteiger partial charge in [-0.3, -0.25) is 4.79 Å². The van der Waals surface area contributed by atoms with Crippen LogP contribution in [0.3, 0.4) is 0 Å². The highest BCUT2D eigenvalue weighted by atomic mass is 16.5. The predicted octanol–water partition coefficient (Wildman–Crippen LogP) is 2.42. The number of carboxylic acids is 1. The van der Waals surface area contributed by atoms with Gasteiger partial charge in [0.2, 0.25) is 0 Å². The van der Waals surface area contributed by atoms with Crippen molar-refractivity contribution in [3.8, 4) is 0 Å². The van der Waals surface area contributed by atoms with Crippen molar-refractivity contribution in [1.29, 1.82) is 0 Å². The number of carbonyl (C=O) groups is 1. The van der Waals surface area contributed by atoms with E-state index in [0.29, 0.717) is 24.5 Å². The molecule has 4 heteroatoms. The van der Waals surface area contributed by atoms with Crippen LogP contribution >= 0.6 is 0 Å². The normalized spacial score (nSPS) is 29.9. The molecule has 0 aromatic heterocycles. The Hall–Kier alpha value is -0.610. The van der Waals surface area contributed by atoms with E-state index < -0.39 is 12.0 Å². The summed E-state index contributed by atoms with van der Waals surface area (Å²) in [6.45, 7) is 6.93. The topological polar surface area (TPSA) is 58.6 Å². The van der Waals surface area contributed by atoms with Crippen LogP contribution in [0.25, 0.3) is 0 Å². The number of hydrogen-bond donors (Lipinski definition) is 2. The molecule has 0 radical (unpaired) electrons. The molecular weight excluding hydrogens is 242 g/mol. The SMILES string of the molecule is CCOC1CC(NC(CC(C)C)C(=O)O)C12CCC2. The van der Waals surface area contributed by atoms with Gasteiger partial charge in [0, 0.05) is 18.1 Å². The molecule has 4 nitrogen and oxygen atoms in total. The molecule has 2 aliphatic rings. The Balaban J connectivity index is 1.93. The quantitative estimate of drug-likeness (QED) is 0.745. The highest BCUT2D eigenvalue weighted by molar-refractivity contribution is 5.73. The Morgan fingerprint density at radius 3 is 2.58 bits per heavy atom. The van der Waals surface area contributed by atoms with Crippen LogP contribution in [0.4, 0.5) is 0 Å². The van der Waals surface area contributed by atoms with Crippen LogP contribution in [-0.2, 0) is 9.53 Å². The van der Waals surface area contributed by atoms with Gasteiger partial charge in [0.15, 0.2) is 0 Å². The van der Waals surface area contributed by atoms with Gasteiger partial charge in [-0.2, -0.15) is 0 Å². The summed E-state index contributed by atoms with van der Waals surface area (Å²) in [5.41, 5.74) is 0.237. The van der Waals surface area contributed by atoms with Crippen LogP contribution in [0.1, 0.15) is 52.9 Å². The molecule has 0 heterocycles. The number of rotatable bonds is 7. The Morgan fingerprint density at radius 1 is 1.47 bits per heavy atom. The summed E-state index contributed by atoms with van der Waals surface area (Å²) in [6.07, 6.45) is 5.63. The molecular formula is C15H27NO3. The van der Waals surface area contributed by atoms with E-state index in [0.717, 1.165) is 13.0 Å². The van der Waals surface area contributed by atoms with Gasteiger partial charge in [0.1, 0.15) is 6.04 Å². The molecule has 0 aromatic carbocycles. The van der Waals surface area contributed by atoms with Crippen LogP contribution in [0, 0.1) is 11.3 Å². The molecule has 2 aliphatic carbocycles. The molecule has 2 rings (SSSR count). The van der Waals surface area contributed by atoms with Gasteiger partial charge in [-0.25, -0.2) is 0 Å². The maximum atomic E-state index is 11.3. The van der Waals surface area contributed by atoms with Crippen LogP contribution < -0.4 is 5.32 Å². The molecule has 2 saturated carbocycles. The molecule has 1 spiro atoms. The fourth-order valence-electron chi connectivity index (χ4n) is 3.63. The molecule has 2 N–H and O–H groups in total. The monoisotopic (exact) mass is 269 g/mol. The summed E-state index contributed by atoms with van der Waals surface area (Å²) in [5, 5.41) is 12.7. The van der Waals surface area contributed by atoms with Gasteiger partial charge in [-0.15, -0.1) is 0 Å². The minimum absolute atomic E-state index is 0.237. The molecule has 0 bridgehead atoms. The fraction of sp³-hybridized carbons (Fsp3) is 0.933. The highest BCUT2D eigenvalue weighted by Gasteiger charge is 2.59. The molecule has 3 atom stereocenters. The second kappa shape index (κ2) is 5.80. The van der Waals surface area contributed by atoms with Crippen molar-refractivity contribution in [1.82, 2.24) is 5.32 Å². The van der Waals surface area contributed by atoms with E-state index in [-0.39, 0.29) is 5.41 Å². The van der Waals surface area contributed by atoms with Crippen LogP contribution in [-0.4, -0.2) is 35.9 Å². The third-order valence-electron chi connectivity index (χ3n) is 4.84. The molecule has 0 aromatic rings. The summed E-state index contributed by atoms with van der Waals surface area (Å²) in [7, 11) is 0. The van der Waals surface area contributed by atoms with E-state index in [1.165, 1.54) is 19.3 Å². The van der Waals surface area contributed by atoms with Gasteiger partial charge in [0.25, 0.3) is 0 Å². The van der Waals surface area contributed by atoms with E-state index in [1.54, 1.807) is 0 Å². The van der Waals surface area contributed by atoms with E-state index in [1.807, 2.05) is 6.92 Å². The van der Waals surface area contributed by atoms with Crippen molar-refractivity contribution >= 4 is 5.97 Å². The van der Waals surface area contributed by atoms with E-state index in [4.69, 9.17) is 4.74 Å². The molecule has 3 unspecified atom stereocenters. The van der Waals surface area contributed by atoms with Gasteiger partial charge < -0.3 is 15.2 Å². The van der Waals surface area contributed by atoms with E-state index in [2.05, 4.69) is 19.2 Å². The summed E-state index contributed by atoms with van der Waals surface area (Å²) in [6, 6.07) is -0.0808. The first kappa shape index (κ1) is 14.8. The Labute approximate surface area is 115 Å². The second-order valence-electron chi connectivity index (χ2n) is 6.51. The van der Waals surface area contributed by atoms with Crippen LogP contribution in [0.2, 0.25) is 0 Å². The average Bonchev–Trinajstić information content (AvgIpc) is 2.22. The summed E-state index contributed by atoms with van der Waals surface area (Å²) >= 11 is 0. The average molecular weight is 269 g/mol. The van der Waals surface area contributed by atoms with Gasteiger partial charge in [0.05, 0.1) is 6.10 Å². The minimum atomic E-state index is -0.719. The molecule has 19 heavy (non-hydrogen) atoms. The zero-order chi connectivity index (χ0) is 14.0. The lowest BCUT2D eigenvalue weighted by Gasteiger charge is -2.61. The van der Waals surface area contributed by atoms with Crippen molar-refractivity contribution in [2.75, 3.05) is 6.61 Å². The zero-order valence-corrected chi connectivity index (χ0v) is 12.3. The van der Waals surface area contributed by atoms with Gasteiger partial charge in [-0.1, -0.05) is 20.3 Å². The van der Waals surface area contributed by atoms with Crippen molar-refractivity contribution in [3.05, 3.63) is 0 Å². The maximum absolute atomic E-state index is 11.3. The molecule has 2 fully saturated rings. The Bertz CT molecular complexity index is 325. The molecule has 0 saturated heterocycles. The maximum Gasteiger partial charge on any atom is 0.320 e. The van der Waals surface area contributed by atoms with E-state index >= 15 is 0 Å². The Morgan fingerprint density at radius 2 is 2.16 bits per heavy atom. The predicted molar refractivity (Wildman–Crippen MR) is 74.1 cm³/mol. The summed E-state index contributed by atoms with van der Waals surface area (Å²) in [4.78, 5) is 11.3. The minimum Gasteiger partial charge on any atom is -0.480 e. The largest absolute Gasteiger partial charge is 0.480 e. The van der Waals surface area contributed by atoms with Crippen molar-refractivity contribution in [2.45, 2.75) is 71.1 Å². The zero-order valence-electron chi connectivity index (χ0n) is 12.3. The Kier molecular flexibility index (Phi) is 4.51. The smallest absolute Gasteiger partial charge is 0.320 e. The first-order chi connectivity index (χ1) is 8.99. The number of hydrogen-bond acceptors (Lipinski definition) is 3. The molecule has 0 amide bonds. The third-order valence-corrected chi connectivity index (χ3v) is 4.84. The lowest BCUT2D eigenvalue weighted by molar-refractivity contribution is -0.177. The van der Waals surface area contributed by atoms with Gasteiger partial charge in [-0.05, 0) is 38.5 Å². The number of nitrogens with one attached hydrogen (secondary N) is 1. The van der Waals surface area contributed by atoms with Crippen LogP contribution in [0.15, 0.2) is 0 Å². The highest BCUT2D eigenvalue weighted by Crippen LogP contribution is 2.57. The first-order valence-corrected chi connectivity index (χ1v) is 7.60. The lowest BCUT2D eigenvalue weighted by atomic mass is 9.51. The molecule has 110 valence electrons. The summed E-state index contributed by atoms with van der Waals surface area (Å²) in [5.74, 6) is -0.322. The van der Waals surface area contributed by atoms with E-state index in [9.17, 15) is 9.90 Å².